The maximum atomic E-state index is 11.7. The lowest BCUT2D eigenvalue weighted by Crippen LogP contribution is -2.39. The number of unbranched alkanes of at least 4 members (excludes halogenated alkanes) is 1. The maximum Gasteiger partial charge on any atom is 0.369 e. The predicted octanol–water partition coefficient (Wildman–Crippen LogP) is 3.07. The Labute approximate surface area is 108 Å². The van der Waals surface area contributed by atoms with E-state index < -0.39 is 12.1 Å². The van der Waals surface area contributed by atoms with Gasteiger partial charge in [0.2, 0.25) is 0 Å². The van der Waals surface area contributed by atoms with Crippen molar-refractivity contribution in [3.05, 3.63) is 0 Å². The molecule has 0 atom stereocenters. The van der Waals surface area contributed by atoms with Crippen molar-refractivity contribution in [2.75, 3.05) is 6.54 Å². The van der Waals surface area contributed by atoms with E-state index in [9.17, 15) is 9.59 Å². The third-order valence-electron chi connectivity index (χ3n) is 3.11. The van der Waals surface area contributed by atoms with Crippen molar-refractivity contribution >= 4 is 12.1 Å². The van der Waals surface area contributed by atoms with Gasteiger partial charge in [-0.25, -0.2) is 14.5 Å². The molecule has 0 saturated heterocycles. The zero-order chi connectivity index (χ0) is 13.4. The van der Waals surface area contributed by atoms with Gasteiger partial charge in [0.1, 0.15) is 0 Å². The second-order valence-electron chi connectivity index (χ2n) is 4.63. The van der Waals surface area contributed by atoms with Crippen LogP contribution in [0, 0.1) is 0 Å². The molecule has 2 N–H and O–H groups in total. The van der Waals surface area contributed by atoms with Crippen molar-refractivity contribution in [1.82, 2.24) is 4.90 Å². The predicted molar refractivity (Wildman–Crippen MR) is 68.3 cm³/mol. The minimum atomic E-state index is -0.754. The van der Waals surface area contributed by atoms with Gasteiger partial charge in [0.05, 0.1) is 6.04 Å². The lowest BCUT2D eigenvalue weighted by molar-refractivity contribution is 0.195. The summed E-state index contributed by atoms with van der Waals surface area (Å²) in [6.45, 7) is 2.29. The number of hydrogen-bond acceptors (Lipinski definition) is 3. The van der Waals surface area contributed by atoms with Crippen LogP contribution < -0.4 is 5.73 Å². The van der Waals surface area contributed by atoms with Gasteiger partial charge in [-0.05, 0) is 19.3 Å². The zero-order valence-electron chi connectivity index (χ0n) is 11.0. The van der Waals surface area contributed by atoms with Crippen molar-refractivity contribution in [1.29, 1.82) is 0 Å². The second kappa shape index (κ2) is 7.79. The average molecular weight is 254 g/mol. The Balaban J connectivity index is 2.48. The molecule has 0 spiro atoms. The Morgan fingerprint density at radius 1 is 1.28 bits per heavy atom. The van der Waals surface area contributed by atoms with E-state index in [0.29, 0.717) is 6.54 Å². The monoisotopic (exact) mass is 254 g/mol. The summed E-state index contributed by atoms with van der Waals surface area (Å²) < 4.78 is 0. The van der Waals surface area contributed by atoms with E-state index >= 15 is 0 Å². The Bertz CT molecular complexity index is 311. The molecule has 0 radical (unpaired) electrons. The van der Waals surface area contributed by atoms with Gasteiger partial charge in [0.25, 0.3) is 0 Å². The smallest absolute Gasteiger partial charge is 0.351 e. The summed E-state index contributed by atoms with van der Waals surface area (Å²) in [6, 6.07) is -1.26. The summed E-state index contributed by atoms with van der Waals surface area (Å²) in [5, 5.41) is 7.65. The molecule has 18 heavy (non-hydrogen) atoms. The Morgan fingerprint density at radius 2 is 1.94 bits per heavy atom. The van der Waals surface area contributed by atoms with Gasteiger partial charge in [0, 0.05) is 6.54 Å². The number of primary amides is 1. The summed E-state index contributed by atoms with van der Waals surface area (Å²) in [4.78, 5) is 23.8. The van der Waals surface area contributed by atoms with E-state index in [1.807, 2.05) is 6.92 Å². The van der Waals surface area contributed by atoms with Crippen molar-refractivity contribution in [3.63, 3.8) is 0 Å². The highest BCUT2D eigenvalue weighted by atomic mass is 16.2. The molecule has 1 aliphatic rings. The molecule has 0 unspecified atom stereocenters. The first kappa shape index (κ1) is 14.6. The summed E-state index contributed by atoms with van der Waals surface area (Å²) in [5.41, 5.74) is 5.15. The van der Waals surface area contributed by atoms with Gasteiger partial charge in [0.15, 0.2) is 0 Å². The summed E-state index contributed by atoms with van der Waals surface area (Å²) in [5.74, 6) is 0. The van der Waals surface area contributed by atoms with Crippen LogP contribution in [0.15, 0.2) is 10.2 Å². The van der Waals surface area contributed by atoms with Gasteiger partial charge in [-0.15, -0.1) is 0 Å². The third-order valence-corrected chi connectivity index (χ3v) is 3.11. The van der Waals surface area contributed by atoms with Crippen molar-refractivity contribution in [3.8, 4) is 0 Å². The Kier molecular flexibility index (Phi) is 6.32. The number of azo groups is 1. The van der Waals surface area contributed by atoms with Crippen LogP contribution in [0.2, 0.25) is 0 Å². The highest BCUT2D eigenvalue weighted by molar-refractivity contribution is 5.92. The van der Waals surface area contributed by atoms with E-state index in [4.69, 9.17) is 5.73 Å². The highest BCUT2D eigenvalue weighted by Crippen LogP contribution is 2.20. The number of amides is 4. The van der Waals surface area contributed by atoms with Crippen LogP contribution in [0.1, 0.15) is 51.9 Å². The largest absolute Gasteiger partial charge is 0.369 e. The highest BCUT2D eigenvalue weighted by Gasteiger charge is 2.19. The van der Waals surface area contributed by atoms with Gasteiger partial charge < -0.3 is 5.73 Å². The van der Waals surface area contributed by atoms with Crippen molar-refractivity contribution in [2.24, 2.45) is 16.0 Å². The topological polar surface area (TPSA) is 88.1 Å². The molecule has 0 aromatic heterocycles. The van der Waals surface area contributed by atoms with E-state index in [1.54, 1.807) is 0 Å². The molecular weight excluding hydrogens is 232 g/mol. The molecular formula is C12H22N4O2. The summed E-state index contributed by atoms with van der Waals surface area (Å²) in [7, 11) is 0. The first-order valence-electron chi connectivity index (χ1n) is 6.67. The number of rotatable bonds is 4. The minimum absolute atomic E-state index is 0.128. The molecule has 6 heteroatoms. The molecule has 0 bridgehead atoms. The Morgan fingerprint density at radius 3 is 2.50 bits per heavy atom. The number of hydrogen-bond donors (Lipinski definition) is 1. The maximum absolute atomic E-state index is 11.7. The zero-order valence-corrected chi connectivity index (χ0v) is 11.0. The van der Waals surface area contributed by atoms with Crippen LogP contribution in [-0.2, 0) is 0 Å². The molecule has 1 saturated carbocycles. The summed E-state index contributed by atoms with van der Waals surface area (Å²) >= 11 is 0. The number of imide groups is 1. The van der Waals surface area contributed by atoms with Gasteiger partial charge in [-0.1, -0.05) is 37.7 Å². The first-order chi connectivity index (χ1) is 8.65. The molecule has 0 aromatic rings. The van der Waals surface area contributed by atoms with Crippen LogP contribution in [0.4, 0.5) is 9.59 Å². The minimum Gasteiger partial charge on any atom is -0.351 e. The van der Waals surface area contributed by atoms with E-state index in [2.05, 4.69) is 10.2 Å². The number of nitrogens with two attached hydrogens (primary N) is 1. The Hall–Kier alpha value is -1.46. The van der Waals surface area contributed by atoms with E-state index in [0.717, 1.165) is 43.4 Å². The fraction of sp³-hybridized carbons (Fsp3) is 0.833. The normalized spacial score (nSPS) is 16.9. The first-order valence-corrected chi connectivity index (χ1v) is 6.67. The number of carbonyl (C=O) groups excluding carboxylic acids is 2. The lowest BCUT2D eigenvalue weighted by atomic mass is 9.96. The molecule has 1 rings (SSSR count). The molecule has 0 aromatic carbocycles. The van der Waals surface area contributed by atoms with Crippen molar-refractivity contribution < 1.29 is 9.59 Å². The van der Waals surface area contributed by atoms with Crippen LogP contribution in [0.5, 0.6) is 0 Å². The number of carbonyl (C=O) groups is 2. The van der Waals surface area contributed by atoms with Crippen LogP contribution in [0.3, 0.4) is 0 Å². The molecule has 6 nitrogen and oxygen atoms in total. The molecule has 1 fully saturated rings. The van der Waals surface area contributed by atoms with E-state index in [-0.39, 0.29) is 6.04 Å². The van der Waals surface area contributed by atoms with Gasteiger partial charge in [-0.3, -0.25) is 0 Å². The fourth-order valence-corrected chi connectivity index (χ4v) is 2.00. The molecule has 102 valence electrons. The number of nitrogens with zero attached hydrogens (tertiary/aromatic N) is 3. The molecule has 0 heterocycles. The SMILES string of the molecule is CCCCN(C(N)=O)C(=O)N=NC1CCCCC1. The third kappa shape index (κ3) is 4.81. The van der Waals surface area contributed by atoms with Crippen LogP contribution in [0.25, 0.3) is 0 Å². The van der Waals surface area contributed by atoms with Crippen molar-refractivity contribution in [2.45, 2.75) is 57.9 Å². The quantitative estimate of drug-likeness (QED) is 0.781. The van der Waals surface area contributed by atoms with E-state index in [1.165, 1.54) is 6.42 Å². The lowest BCUT2D eigenvalue weighted by Gasteiger charge is -2.17. The molecule has 4 amide bonds. The standard InChI is InChI=1S/C12H22N4O2/c1-2-3-9-16(11(13)17)12(18)15-14-10-7-5-4-6-8-10/h10H,2-9H2,1H3,(H2,13,17). The van der Waals surface area contributed by atoms with Gasteiger partial charge in [-0.2, -0.15) is 5.11 Å². The van der Waals surface area contributed by atoms with Gasteiger partial charge >= 0.3 is 12.1 Å². The van der Waals surface area contributed by atoms with Crippen LogP contribution in [-0.4, -0.2) is 29.5 Å². The fourth-order valence-electron chi connectivity index (χ4n) is 2.00. The summed E-state index contributed by atoms with van der Waals surface area (Å²) in [6.07, 6.45) is 7.06. The van der Waals surface area contributed by atoms with Crippen LogP contribution >= 0.6 is 0 Å². The molecule has 0 aliphatic heterocycles. The average Bonchev–Trinajstić information content (AvgIpc) is 2.37. The molecule has 1 aliphatic carbocycles. The number of urea groups is 2. The second-order valence-corrected chi connectivity index (χ2v) is 4.63.